The summed E-state index contributed by atoms with van der Waals surface area (Å²) >= 11 is 6.09. The summed E-state index contributed by atoms with van der Waals surface area (Å²) in [5.74, 6) is 0.0374. The molecule has 1 aliphatic rings. The molecular formula is C15H21ClN2O2. The minimum absolute atomic E-state index is 0.0374. The van der Waals surface area contributed by atoms with Crippen LogP contribution < -0.4 is 11.1 Å². The fourth-order valence-electron chi connectivity index (χ4n) is 2.49. The molecule has 1 aliphatic heterocycles. The number of ether oxygens (including phenoxy) is 1. The zero-order chi connectivity index (χ0) is 14.4. The molecule has 0 spiro atoms. The smallest absolute Gasteiger partial charge is 0.227 e. The molecule has 20 heavy (non-hydrogen) atoms. The Kier molecular flexibility index (Phi) is 5.40. The van der Waals surface area contributed by atoms with Gasteiger partial charge >= 0.3 is 0 Å². The Balaban J connectivity index is 1.87. The Morgan fingerprint density at radius 1 is 1.35 bits per heavy atom. The quantitative estimate of drug-likeness (QED) is 0.870. The van der Waals surface area contributed by atoms with Crippen LogP contribution in [-0.4, -0.2) is 32.2 Å². The van der Waals surface area contributed by atoms with Crippen molar-refractivity contribution in [3.8, 4) is 0 Å². The van der Waals surface area contributed by atoms with Crippen LogP contribution in [0.5, 0.6) is 0 Å². The molecule has 0 saturated carbocycles. The first-order valence-electron chi connectivity index (χ1n) is 6.97. The van der Waals surface area contributed by atoms with Crippen molar-refractivity contribution in [1.82, 2.24) is 5.32 Å². The molecule has 1 aromatic carbocycles. The molecule has 4 nitrogen and oxygen atoms in total. The zero-order valence-electron chi connectivity index (χ0n) is 11.5. The molecule has 0 aliphatic carbocycles. The number of nitrogens with two attached hydrogens (primary N) is 1. The third kappa shape index (κ3) is 3.51. The first kappa shape index (κ1) is 15.3. The van der Waals surface area contributed by atoms with Crippen molar-refractivity contribution >= 4 is 17.5 Å². The summed E-state index contributed by atoms with van der Waals surface area (Å²) in [7, 11) is 0. The van der Waals surface area contributed by atoms with Crippen molar-refractivity contribution in [3.63, 3.8) is 0 Å². The van der Waals surface area contributed by atoms with Gasteiger partial charge in [0.05, 0.1) is 5.41 Å². The predicted molar refractivity (Wildman–Crippen MR) is 79.7 cm³/mol. The zero-order valence-corrected chi connectivity index (χ0v) is 12.3. The molecule has 1 heterocycles. The minimum Gasteiger partial charge on any atom is -0.381 e. The Labute approximate surface area is 124 Å². The average molecular weight is 297 g/mol. The van der Waals surface area contributed by atoms with Gasteiger partial charge in [0.25, 0.3) is 0 Å². The van der Waals surface area contributed by atoms with Gasteiger partial charge in [0, 0.05) is 31.3 Å². The first-order valence-corrected chi connectivity index (χ1v) is 7.35. The highest BCUT2D eigenvalue weighted by molar-refractivity contribution is 6.31. The second kappa shape index (κ2) is 7.07. The highest BCUT2D eigenvalue weighted by Crippen LogP contribution is 2.29. The number of carbonyl (C=O) groups excluding carboxylic acids is 1. The van der Waals surface area contributed by atoms with Crippen molar-refractivity contribution in [3.05, 3.63) is 34.9 Å². The molecular weight excluding hydrogens is 276 g/mol. The van der Waals surface area contributed by atoms with Crippen LogP contribution in [0.3, 0.4) is 0 Å². The van der Waals surface area contributed by atoms with Gasteiger partial charge in [-0.1, -0.05) is 29.8 Å². The topological polar surface area (TPSA) is 64.4 Å². The fourth-order valence-corrected chi connectivity index (χ4v) is 2.72. The summed E-state index contributed by atoms with van der Waals surface area (Å²) in [5, 5.41) is 3.72. The second-order valence-electron chi connectivity index (χ2n) is 5.19. The number of nitrogens with one attached hydrogen (secondary N) is 1. The summed E-state index contributed by atoms with van der Waals surface area (Å²) in [6.07, 6.45) is 2.12. The Hall–Kier alpha value is -1.10. The molecule has 0 bridgehead atoms. The van der Waals surface area contributed by atoms with Crippen molar-refractivity contribution in [1.29, 1.82) is 0 Å². The average Bonchev–Trinajstić information content (AvgIpc) is 2.49. The van der Waals surface area contributed by atoms with E-state index in [0.29, 0.717) is 39.1 Å². The van der Waals surface area contributed by atoms with E-state index in [1.165, 1.54) is 0 Å². The number of hydrogen-bond donors (Lipinski definition) is 2. The monoisotopic (exact) mass is 296 g/mol. The van der Waals surface area contributed by atoms with E-state index in [1.54, 1.807) is 0 Å². The maximum absolute atomic E-state index is 12.3. The van der Waals surface area contributed by atoms with E-state index in [1.807, 2.05) is 24.3 Å². The van der Waals surface area contributed by atoms with E-state index in [9.17, 15) is 4.79 Å². The molecule has 1 amide bonds. The van der Waals surface area contributed by atoms with E-state index in [2.05, 4.69) is 5.32 Å². The molecule has 0 unspecified atom stereocenters. The van der Waals surface area contributed by atoms with Gasteiger partial charge in [0.15, 0.2) is 0 Å². The maximum Gasteiger partial charge on any atom is 0.227 e. The molecule has 1 aromatic rings. The van der Waals surface area contributed by atoms with Crippen LogP contribution in [0.2, 0.25) is 5.02 Å². The lowest BCUT2D eigenvalue weighted by molar-refractivity contribution is -0.135. The summed E-state index contributed by atoms with van der Waals surface area (Å²) in [6.45, 7) is 2.16. The molecule has 0 aromatic heterocycles. The fraction of sp³-hybridized carbons (Fsp3) is 0.533. The normalized spacial score (nSPS) is 17.7. The van der Waals surface area contributed by atoms with Crippen molar-refractivity contribution in [2.75, 3.05) is 26.3 Å². The van der Waals surface area contributed by atoms with Crippen LogP contribution >= 0.6 is 11.6 Å². The molecule has 0 radical (unpaired) electrons. The lowest BCUT2D eigenvalue weighted by Gasteiger charge is -2.34. The molecule has 3 N–H and O–H groups in total. The Bertz CT molecular complexity index is 459. The van der Waals surface area contributed by atoms with E-state index in [4.69, 9.17) is 22.1 Å². The molecule has 2 rings (SSSR count). The Morgan fingerprint density at radius 2 is 2.05 bits per heavy atom. The first-order chi connectivity index (χ1) is 9.68. The molecule has 1 fully saturated rings. The number of rotatable bonds is 5. The van der Waals surface area contributed by atoms with Crippen molar-refractivity contribution in [2.24, 2.45) is 11.1 Å². The largest absolute Gasteiger partial charge is 0.381 e. The Morgan fingerprint density at radius 3 is 2.70 bits per heavy atom. The number of benzene rings is 1. The van der Waals surface area contributed by atoms with E-state index in [0.717, 1.165) is 17.0 Å². The third-order valence-electron chi connectivity index (χ3n) is 3.96. The molecule has 0 atom stereocenters. The minimum atomic E-state index is -0.460. The van der Waals surface area contributed by atoms with E-state index < -0.39 is 5.41 Å². The maximum atomic E-state index is 12.3. The SMILES string of the molecule is NCC1(C(=O)NCCc2ccccc2Cl)CCOCC1. The van der Waals surface area contributed by atoms with Crippen LogP contribution in [-0.2, 0) is 16.0 Å². The van der Waals surface area contributed by atoms with Gasteiger partial charge in [-0.25, -0.2) is 0 Å². The summed E-state index contributed by atoms with van der Waals surface area (Å²) in [6, 6.07) is 7.68. The van der Waals surface area contributed by atoms with Gasteiger partial charge in [0.1, 0.15) is 0 Å². The van der Waals surface area contributed by atoms with E-state index >= 15 is 0 Å². The summed E-state index contributed by atoms with van der Waals surface area (Å²) in [4.78, 5) is 12.3. The molecule has 1 saturated heterocycles. The predicted octanol–water partition coefficient (Wildman–Crippen LogP) is 1.75. The van der Waals surface area contributed by atoms with Crippen LogP contribution in [0.1, 0.15) is 18.4 Å². The number of carbonyl (C=O) groups is 1. The van der Waals surface area contributed by atoms with Gasteiger partial charge in [-0.2, -0.15) is 0 Å². The standard InChI is InChI=1S/C15H21ClN2O2/c16-13-4-2-1-3-12(13)5-8-18-14(19)15(11-17)6-9-20-10-7-15/h1-4H,5-11,17H2,(H,18,19). The number of amides is 1. The lowest BCUT2D eigenvalue weighted by Crippen LogP contribution is -2.49. The molecule has 5 heteroatoms. The lowest BCUT2D eigenvalue weighted by atomic mass is 9.79. The van der Waals surface area contributed by atoms with Gasteiger partial charge < -0.3 is 15.8 Å². The highest BCUT2D eigenvalue weighted by Gasteiger charge is 2.38. The van der Waals surface area contributed by atoms with Gasteiger partial charge in [-0.05, 0) is 30.9 Å². The highest BCUT2D eigenvalue weighted by atomic mass is 35.5. The van der Waals surface area contributed by atoms with Gasteiger partial charge in [0.2, 0.25) is 5.91 Å². The van der Waals surface area contributed by atoms with Crippen molar-refractivity contribution < 1.29 is 9.53 Å². The van der Waals surface area contributed by atoms with Crippen LogP contribution in [0.4, 0.5) is 0 Å². The molecule has 110 valence electrons. The van der Waals surface area contributed by atoms with Crippen LogP contribution in [0.15, 0.2) is 24.3 Å². The summed E-state index contributed by atoms with van der Waals surface area (Å²) < 4.78 is 5.31. The van der Waals surface area contributed by atoms with Crippen molar-refractivity contribution in [2.45, 2.75) is 19.3 Å². The number of hydrogen-bond acceptors (Lipinski definition) is 3. The second-order valence-corrected chi connectivity index (χ2v) is 5.60. The third-order valence-corrected chi connectivity index (χ3v) is 4.33. The van der Waals surface area contributed by atoms with Crippen LogP contribution in [0.25, 0.3) is 0 Å². The van der Waals surface area contributed by atoms with E-state index in [-0.39, 0.29) is 5.91 Å². The number of halogens is 1. The van der Waals surface area contributed by atoms with Crippen LogP contribution in [0, 0.1) is 5.41 Å². The van der Waals surface area contributed by atoms with Gasteiger partial charge in [-0.3, -0.25) is 4.79 Å². The van der Waals surface area contributed by atoms with Gasteiger partial charge in [-0.15, -0.1) is 0 Å². The summed E-state index contributed by atoms with van der Waals surface area (Å²) in [5.41, 5.74) is 6.39.